The van der Waals surface area contributed by atoms with Crippen molar-refractivity contribution in [2.45, 2.75) is 6.92 Å². The summed E-state index contributed by atoms with van der Waals surface area (Å²) in [5.74, 6) is -0.836. The van der Waals surface area contributed by atoms with Crippen molar-refractivity contribution in [2.24, 2.45) is 5.92 Å². The lowest BCUT2D eigenvalue weighted by Gasteiger charge is -2.18. The summed E-state index contributed by atoms with van der Waals surface area (Å²) in [4.78, 5) is 27.2. The maximum Gasteiger partial charge on any atom is 0.342 e. The van der Waals surface area contributed by atoms with Crippen LogP contribution in [0.15, 0.2) is 34.7 Å². The smallest absolute Gasteiger partial charge is 0.342 e. The standard InChI is InChI=1S/C20H20ClNO4/c1-4-25-20(24)16-15-14(26-19(16)12-8-6-5-7-9-12)10-13(11-22(2)3)18(23)17(15)21/h5-10,13H,4,11H2,1-3H3. The zero-order valence-corrected chi connectivity index (χ0v) is 15.7. The molecule has 6 heteroatoms. The summed E-state index contributed by atoms with van der Waals surface area (Å²) in [6, 6.07) is 9.24. The van der Waals surface area contributed by atoms with Gasteiger partial charge in [0.1, 0.15) is 16.7 Å². The van der Waals surface area contributed by atoms with Gasteiger partial charge in [0.2, 0.25) is 0 Å². The fraction of sp³-hybridized carbons (Fsp3) is 0.300. The summed E-state index contributed by atoms with van der Waals surface area (Å²) in [5.41, 5.74) is 1.36. The van der Waals surface area contributed by atoms with E-state index in [0.717, 1.165) is 5.56 Å². The zero-order chi connectivity index (χ0) is 18.8. The van der Waals surface area contributed by atoms with Crippen molar-refractivity contribution in [1.29, 1.82) is 0 Å². The molecule has 0 saturated heterocycles. The summed E-state index contributed by atoms with van der Waals surface area (Å²) in [7, 11) is 3.76. The first-order valence-corrected chi connectivity index (χ1v) is 8.77. The molecule has 0 amide bonds. The van der Waals surface area contributed by atoms with E-state index in [1.807, 2.05) is 49.3 Å². The second-order valence-electron chi connectivity index (χ2n) is 6.35. The SMILES string of the molecule is CCOC(=O)c1c(-c2ccccc2)oc2c1=C(Cl)C(=O)C(CN(C)C)C=2. The van der Waals surface area contributed by atoms with E-state index < -0.39 is 11.9 Å². The van der Waals surface area contributed by atoms with E-state index in [2.05, 4.69) is 0 Å². The molecule has 1 unspecified atom stereocenters. The average molecular weight is 374 g/mol. The predicted molar refractivity (Wildman–Crippen MR) is 100 cm³/mol. The first kappa shape index (κ1) is 18.4. The number of benzene rings is 1. The minimum absolute atomic E-state index is 0.0170. The molecule has 0 aliphatic heterocycles. The Bertz CT molecular complexity index is 960. The van der Waals surface area contributed by atoms with Crippen LogP contribution < -0.4 is 10.6 Å². The Labute approximate surface area is 156 Å². The topological polar surface area (TPSA) is 59.8 Å². The molecule has 1 atom stereocenters. The number of carbonyl (C=O) groups is 2. The third-order valence-corrected chi connectivity index (χ3v) is 4.51. The highest BCUT2D eigenvalue weighted by Crippen LogP contribution is 2.25. The third kappa shape index (κ3) is 3.32. The quantitative estimate of drug-likeness (QED) is 0.750. The van der Waals surface area contributed by atoms with Crippen LogP contribution in [0.4, 0.5) is 0 Å². The number of ether oxygens (including phenoxy) is 1. The number of esters is 1. The fourth-order valence-electron chi connectivity index (χ4n) is 3.05. The molecule has 2 aromatic rings. The lowest BCUT2D eigenvalue weighted by atomic mass is 9.96. The monoisotopic (exact) mass is 373 g/mol. The predicted octanol–water partition coefficient (Wildman–Crippen LogP) is 2.01. The van der Waals surface area contributed by atoms with Crippen molar-refractivity contribution >= 4 is 34.5 Å². The molecule has 0 fully saturated rings. The average Bonchev–Trinajstić information content (AvgIpc) is 2.99. The molecule has 1 aromatic carbocycles. The van der Waals surface area contributed by atoms with Gasteiger partial charge in [0.05, 0.1) is 22.8 Å². The van der Waals surface area contributed by atoms with Gasteiger partial charge in [-0.15, -0.1) is 0 Å². The number of carbonyl (C=O) groups excluding carboxylic acids is 2. The van der Waals surface area contributed by atoms with Crippen molar-refractivity contribution in [2.75, 3.05) is 27.2 Å². The maximum absolute atomic E-state index is 12.7. The number of fused-ring (bicyclic) bond motifs is 1. The number of furan rings is 1. The molecule has 0 N–H and O–H groups in total. The molecule has 0 bridgehead atoms. The third-order valence-electron chi connectivity index (χ3n) is 4.14. The summed E-state index contributed by atoms with van der Waals surface area (Å²) < 4.78 is 11.2. The fourth-order valence-corrected chi connectivity index (χ4v) is 3.38. The van der Waals surface area contributed by atoms with Crippen LogP contribution in [0.5, 0.6) is 0 Å². The second-order valence-corrected chi connectivity index (χ2v) is 6.72. The highest BCUT2D eigenvalue weighted by molar-refractivity contribution is 6.61. The van der Waals surface area contributed by atoms with Gasteiger partial charge in [-0.2, -0.15) is 0 Å². The van der Waals surface area contributed by atoms with E-state index in [-0.39, 0.29) is 23.0 Å². The zero-order valence-electron chi connectivity index (χ0n) is 14.9. The van der Waals surface area contributed by atoms with E-state index in [9.17, 15) is 9.59 Å². The van der Waals surface area contributed by atoms with Gasteiger partial charge < -0.3 is 14.1 Å². The Hall–Kier alpha value is -2.37. The molecule has 3 rings (SSSR count). The molecule has 1 heterocycles. The van der Waals surface area contributed by atoms with Crippen molar-refractivity contribution in [1.82, 2.24) is 4.90 Å². The lowest BCUT2D eigenvalue weighted by molar-refractivity contribution is -0.115. The molecule has 0 saturated carbocycles. The summed E-state index contributed by atoms with van der Waals surface area (Å²) in [6.45, 7) is 2.44. The highest BCUT2D eigenvalue weighted by atomic mass is 35.5. The van der Waals surface area contributed by atoms with Gasteiger partial charge in [-0.05, 0) is 27.1 Å². The first-order valence-electron chi connectivity index (χ1n) is 8.40. The van der Waals surface area contributed by atoms with Gasteiger partial charge in [0, 0.05) is 12.1 Å². The minimum Gasteiger partial charge on any atom is -0.462 e. The molecule has 1 aliphatic rings. The molecule has 5 nitrogen and oxygen atoms in total. The van der Waals surface area contributed by atoms with Crippen LogP contribution in [0.2, 0.25) is 0 Å². The molecular formula is C20H20ClNO4. The minimum atomic E-state index is -0.554. The van der Waals surface area contributed by atoms with Crippen molar-refractivity contribution in [3.8, 4) is 11.3 Å². The number of rotatable bonds is 5. The van der Waals surface area contributed by atoms with Gasteiger partial charge in [0.15, 0.2) is 5.78 Å². The second kappa shape index (κ2) is 7.48. The molecule has 0 spiro atoms. The largest absolute Gasteiger partial charge is 0.462 e. The van der Waals surface area contributed by atoms with E-state index in [0.29, 0.717) is 22.9 Å². The van der Waals surface area contributed by atoms with Crippen LogP contribution in [-0.2, 0) is 9.53 Å². The Morgan fingerprint density at radius 2 is 1.96 bits per heavy atom. The molecular weight excluding hydrogens is 354 g/mol. The highest BCUT2D eigenvalue weighted by Gasteiger charge is 2.31. The Balaban J connectivity index is 2.29. The van der Waals surface area contributed by atoms with Crippen LogP contribution in [0.25, 0.3) is 22.4 Å². The molecule has 1 aromatic heterocycles. The number of hydrogen-bond donors (Lipinski definition) is 0. The number of ketones is 1. The number of hydrogen-bond acceptors (Lipinski definition) is 5. The van der Waals surface area contributed by atoms with Crippen molar-refractivity contribution in [3.05, 3.63) is 46.5 Å². The van der Waals surface area contributed by atoms with E-state index >= 15 is 0 Å². The number of halogens is 1. The Morgan fingerprint density at radius 1 is 1.27 bits per heavy atom. The summed E-state index contributed by atoms with van der Waals surface area (Å²) >= 11 is 6.39. The van der Waals surface area contributed by atoms with Crippen molar-refractivity contribution < 1.29 is 18.7 Å². The molecule has 136 valence electrons. The first-order chi connectivity index (χ1) is 12.4. The summed E-state index contributed by atoms with van der Waals surface area (Å²) in [5, 5.41) is 0.340. The maximum atomic E-state index is 12.7. The van der Waals surface area contributed by atoms with Gasteiger partial charge >= 0.3 is 5.97 Å². The molecule has 1 aliphatic carbocycles. The summed E-state index contributed by atoms with van der Waals surface area (Å²) in [6.07, 6.45) is 1.73. The number of Topliss-reactive ketones (excluding diaryl/α,β-unsaturated/α-hetero) is 1. The Morgan fingerprint density at radius 3 is 2.58 bits per heavy atom. The van der Waals surface area contributed by atoms with E-state index in [1.165, 1.54) is 0 Å². The van der Waals surface area contributed by atoms with Gasteiger partial charge in [-0.3, -0.25) is 4.79 Å². The van der Waals surface area contributed by atoms with Crippen LogP contribution in [0.3, 0.4) is 0 Å². The van der Waals surface area contributed by atoms with Crippen LogP contribution in [0.1, 0.15) is 17.3 Å². The van der Waals surface area contributed by atoms with E-state index in [4.69, 9.17) is 20.8 Å². The van der Waals surface area contributed by atoms with Gasteiger partial charge in [-0.25, -0.2) is 4.79 Å². The lowest BCUT2D eigenvalue weighted by Crippen LogP contribution is -2.39. The van der Waals surface area contributed by atoms with Gasteiger partial charge in [-0.1, -0.05) is 41.9 Å². The molecule has 26 heavy (non-hydrogen) atoms. The van der Waals surface area contributed by atoms with Crippen LogP contribution in [0, 0.1) is 5.92 Å². The number of nitrogens with zero attached hydrogens (tertiary/aromatic N) is 1. The Kier molecular flexibility index (Phi) is 5.30. The van der Waals surface area contributed by atoms with Crippen LogP contribution >= 0.6 is 11.6 Å². The normalized spacial score (nSPS) is 16.4. The van der Waals surface area contributed by atoms with E-state index in [1.54, 1.807) is 13.0 Å². The van der Waals surface area contributed by atoms with Gasteiger partial charge in [0.25, 0.3) is 0 Å². The van der Waals surface area contributed by atoms with Crippen molar-refractivity contribution in [3.63, 3.8) is 0 Å². The van der Waals surface area contributed by atoms with Crippen LogP contribution in [-0.4, -0.2) is 43.9 Å². The molecule has 0 radical (unpaired) electrons.